The lowest BCUT2D eigenvalue weighted by atomic mass is 10.1. The lowest BCUT2D eigenvalue weighted by Crippen LogP contribution is -2.23. The van der Waals surface area contributed by atoms with Crippen molar-refractivity contribution in [2.75, 3.05) is 6.54 Å². The third-order valence-corrected chi connectivity index (χ3v) is 2.58. The van der Waals surface area contributed by atoms with Crippen LogP contribution in [0.3, 0.4) is 0 Å². The van der Waals surface area contributed by atoms with E-state index in [0.717, 1.165) is 12.8 Å². The Morgan fingerprint density at radius 1 is 1.31 bits per heavy atom. The Morgan fingerprint density at radius 3 is 2.62 bits per heavy atom. The van der Waals surface area contributed by atoms with Gasteiger partial charge in [0.05, 0.1) is 0 Å². The average molecular weight is 220 g/mol. The largest absolute Gasteiger partial charge is 0.352 e. The summed E-state index contributed by atoms with van der Waals surface area (Å²) in [6.45, 7) is 3.31. The third-order valence-electron chi connectivity index (χ3n) is 2.58. The Hall–Kier alpha value is -1.35. The molecule has 1 aromatic carbocycles. The fraction of sp³-hybridized carbons (Fsp3) is 0.462. The number of nitrogens with one attached hydrogen (secondary N) is 1. The van der Waals surface area contributed by atoms with Crippen LogP contribution in [0.15, 0.2) is 24.3 Å². The summed E-state index contributed by atoms with van der Waals surface area (Å²) in [6.07, 6.45) is 2.26. The van der Waals surface area contributed by atoms with E-state index in [0.29, 0.717) is 19.5 Å². The Labute approximate surface area is 97.0 Å². The van der Waals surface area contributed by atoms with E-state index in [1.54, 1.807) is 0 Å². The minimum absolute atomic E-state index is 0.0800. The average Bonchev–Trinajstić information content (AvgIpc) is 2.34. The SMILES string of the molecule is CCc1ccccc1CNC(=O)CCCN. The maximum absolute atomic E-state index is 11.4. The van der Waals surface area contributed by atoms with Crippen molar-refractivity contribution in [3.05, 3.63) is 35.4 Å². The Bertz CT molecular complexity index is 336. The first-order valence-corrected chi connectivity index (χ1v) is 5.81. The molecule has 0 atom stereocenters. The van der Waals surface area contributed by atoms with Gasteiger partial charge in [0, 0.05) is 13.0 Å². The number of hydrogen-bond acceptors (Lipinski definition) is 2. The number of carbonyl (C=O) groups excluding carboxylic acids is 1. The maximum Gasteiger partial charge on any atom is 0.220 e. The van der Waals surface area contributed by atoms with Crippen molar-refractivity contribution >= 4 is 5.91 Å². The first-order chi connectivity index (χ1) is 7.77. The quantitative estimate of drug-likeness (QED) is 0.765. The van der Waals surface area contributed by atoms with Crippen LogP contribution in [0.2, 0.25) is 0 Å². The number of benzene rings is 1. The molecule has 0 aliphatic heterocycles. The van der Waals surface area contributed by atoms with Gasteiger partial charge < -0.3 is 11.1 Å². The molecular formula is C13H20N2O. The van der Waals surface area contributed by atoms with Crippen LogP contribution < -0.4 is 11.1 Å². The molecule has 0 aromatic heterocycles. The molecule has 0 fully saturated rings. The number of carbonyl (C=O) groups is 1. The Kier molecular flexibility index (Phi) is 5.57. The fourth-order valence-corrected chi connectivity index (χ4v) is 1.62. The van der Waals surface area contributed by atoms with Crippen LogP contribution in [-0.4, -0.2) is 12.5 Å². The molecule has 3 nitrogen and oxygen atoms in total. The molecule has 0 saturated carbocycles. The van der Waals surface area contributed by atoms with Crippen LogP contribution in [0.5, 0.6) is 0 Å². The Morgan fingerprint density at radius 2 is 2.00 bits per heavy atom. The van der Waals surface area contributed by atoms with Crippen molar-refractivity contribution < 1.29 is 4.79 Å². The van der Waals surface area contributed by atoms with Crippen molar-refractivity contribution in [2.24, 2.45) is 5.73 Å². The van der Waals surface area contributed by atoms with Gasteiger partial charge in [-0.25, -0.2) is 0 Å². The summed E-state index contributed by atoms with van der Waals surface area (Å²) in [5, 5.41) is 2.91. The molecule has 0 unspecified atom stereocenters. The summed E-state index contributed by atoms with van der Waals surface area (Å²) in [4.78, 5) is 11.4. The predicted octanol–water partition coefficient (Wildman–Crippen LogP) is 1.60. The zero-order valence-corrected chi connectivity index (χ0v) is 9.83. The highest BCUT2D eigenvalue weighted by Crippen LogP contribution is 2.08. The highest BCUT2D eigenvalue weighted by Gasteiger charge is 2.02. The zero-order valence-electron chi connectivity index (χ0n) is 9.83. The molecule has 0 spiro atoms. The molecular weight excluding hydrogens is 200 g/mol. The zero-order chi connectivity index (χ0) is 11.8. The molecule has 16 heavy (non-hydrogen) atoms. The van der Waals surface area contributed by atoms with E-state index in [2.05, 4.69) is 24.4 Å². The van der Waals surface area contributed by atoms with Gasteiger partial charge in [-0.3, -0.25) is 4.79 Å². The van der Waals surface area contributed by atoms with Gasteiger partial charge in [0.15, 0.2) is 0 Å². The number of hydrogen-bond donors (Lipinski definition) is 2. The van der Waals surface area contributed by atoms with E-state index in [1.807, 2.05) is 12.1 Å². The van der Waals surface area contributed by atoms with E-state index in [-0.39, 0.29) is 5.91 Å². The molecule has 3 heteroatoms. The normalized spacial score (nSPS) is 10.1. The highest BCUT2D eigenvalue weighted by molar-refractivity contribution is 5.75. The van der Waals surface area contributed by atoms with Crippen LogP contribution in [0.25, 0.3) is 0 Å². The van der Waals surface area contributed by atoms with Crippen molar-refractivity contribution in [2.45, 2.75) is 32.7 Å². The lowest BCUT2D eigenvalue weighted by molar-refractivity contribution is -0.121. The van der Waals surface area contributed by atoms with Crippen molar-refractivity contribution in [3.63, 3.8) is 0 Å². The fourth-order valence-electron chi connectivity index (χ4n) is 1.62. The standard InChI is InChI=1S/C13H20N2O/c1-2-11-6-3-4-7-12(11)10-15-13(16)8-5-9-14/h3-4,6-7H,2,5,8-10,14H2,1H3,(H,15,16). The molecule has 0 aliphatic rings. The molecule has 1 rings (SSSR count). The highest BCUT2D eigenvalue weighted by atomic mass is 16.1. The van der Waals surface area contributed by atoms with Crippen LogP contribution in [0, 0.1) is 0 Å². The molecule has 0 heterocycles. The van der Waals surface area contributed by atoms with E-state index < -0.39 is 0 Å². The monoisotopic (exact) mass is 220 g/mol. The number of nitrogens with two attached hydrogens (primary N) is 1. The van der Waals surface area contributed by atoms with Gasteiger partial charge in [0.25, 0.3) is 0 Å². The molecule has 0 saturated heterocycles. The molecule has 0 aliphatic carbocycles. The minimum atomic E-state index is 0.0800. The van der Waals surface area contributed by atoms with Gasteiger partial charge in [0.2, 0.25) is 5.91 Å². The third kappa shape index (κ3) is 4.03. The predicted molar refractivity (Wildman–Crippen MR) is 66.0 cm³/mol. The summed E-state index contributed by atoms with van der Waals surface area (Å²) in [6, 6.07) is 8.18. The van der Waals surface area contributed by atoms with Gasteiger partial charge in [0.1, 0.15) is 0 Å². The first-order valence-electron chi connectivity index (χ1n) is 5.81. The summed E-state index contributed by atoms with van der Waals surface area (Å²) < 4.78 is 0. The summed E-state index contributed by atoms with van der Waals surface area (Å²) in [7, 11) is 0. The topological polar surface area (TPSA) is 55.1 Å². The number of amides is 1. The second-order valence-corrected chi connectivity index (χ2v) is 3.79. The van der Waals surface area contributed by atoms with Crippen LogP contribution in [0.4, 0.5) is 0 Å². The minimum Gasteiger partial charge on any atom is -0.352 e. The summed E-state index contributed by atoms with van der Waals surface area (Å²) in [5.41, 5.74) is 7.84. The number of aryl methyl sites for hydroxylation is 1. The lowest BCUT2D eigenvalue weighted by Gasteiger charge is -2.08. The second-order valence-electron chi connectivity index (χ2n) is 3.79. The maximum atomic E-state index is 11.4. The van der Waals surface area contributed by atoms with E-state index in [4.69, 9.17) is 5.73 Å². The summed E-state index contributed by atoms with van der Waals surface area (Å²) in [5.74, 6) is 0.0800. The molecule has 3 N–H and O–H groups in total. The van der Waals surface area contributed by atoms with Gasteiger partial charge >= 0.3 is 0 Å². The van der Waals surface area contributed by atoms with Crippen LogP contribution >= 0.6 is 0 Å². The van der Waals surface area contributed by atoms with Crippen molar-refractivity contribution in [1.29, 1.82) is 0 Å². The van der Waals surface area contributed by atoms with Gasteiger partial charge in [-0.2, -0.15) is 0 Å². The van der Waals surface area contributed by atoms with Crippen LogP contribution in [-0.2, 0) is 17.8 Å². The van der Waals surface area contributed by atoms with Gasteiger partial charge in [-0.1, -0.05) is 31.2 Å². The summed E-state index contributed by atoms with van der Waals surface area (Å²) >= 11 is 0. The van der Waals surface area contributed by atoms with E-state index in [9.17, 15) is 4.79 Å². The first kappa shape index (κ1) is 12.7. The van der Waals surface area contributed by atoms with E-state index in [1.165, 1.54) is 11.1 Å². The van der Waals surface area contributed by atoms with Gasteiger partial charge in [-0.15, -0.1) is 0 Å². The van der Waals surface area contributed by atoms with Gasteiger partial charge in [-0.05, 0) is 30.5 Å². The Balaban J connectivity index is 2.44. The van der Waals surface area contributed by atoms with E-state index >= 15 is 0 Å². The smallest absolute Gasteiger partial charge is 0.220 e. The molecule has 0 radical (unpaired) electrons. The van der Waals surface area contributed by atoms with Crippen LogP contribution in [0.1, 0.15) is 30.9 Å². The van der Waals surface area contributed by atoms with Crippen molar-refractivity contribution in [1.82, 2.24) is 5.32 Å². The molecule has 1 amide bonds. The van der Waals surface area contributed by atoms with Crippen molar-refractivity contribution in [3.8, 4) is 0 Å². The second kappa shape index (κ2) is 7.01. The molecule has 1 aromatic rings. The molecule has 0 bridgehead atoms. The number of rotatable bonds is 6. The molecule has 88 valence electrons.